The normalized spacial score (nSPS) is 38.0. The van der Waals surface area contributed by atoms with Crippen molar-refractivity contribution in [3.63, 3.8) is 0 Å². The molecular weight excluding hydrogens is 494 g/mol. The van der Waals surface area contributed by atoms with E-state index in [1.807, 2.05) is 24.4 Å². The van der Waals surface area contributed by atoms with Gasteiger partial charge in [0.15, 0.2) is 5.78 Å². The minimum atomic E-state index is -1.41. The van der Waals surface area contributed by atoms with E-state index in [1.165, 1.54) is 28.6 Å². The molecule has 38 heavy (non-hydrogen) atoms. The first kappa shape index (κ1) is 26.3. The summed E-state index contributed by atoms with van der Waals surface area (Å²) in [5.41, 5.74) is 1.65. The number of allylic oxidation sites excluding steroid dienone is 1. The molecule has 0 bridgehead atoms. The molecule has 3 fully saturated rings. The number of ketones is 1. The Hall–Kier alpha value is -1.96. The minimum absolute atomic E-state index is 0.0859. The van der Waals surface area contributed by atoms with Gasteiger partial charge in [-0.25, -0.2) is 4.98 Å². The van der Waals surface area contributed by atoms with Crippen LogP contribution >= 0.6 is 11.8 Å². The van der Waals surface area contributed by atoms with Gasteiger partial charge in [-0.3, -0.25) is 9.48 Å². The molecule has 6 rings (SSSR count). The van der Waals surface area contributed by atoms with Crippen molar-refractivity contribution in [1.29, 1.82) is 0 Å². The van der Waals surface area contributed by atoms with Gasteiger partial charge in [0.05, 0.1) is 34.3 Å². The first-order valence-electron chi connectivity index (χ1n) is 14.1. The highest BCUT2D eigenvalue weighted by atomic mass is 32.2. The van der Waals surface area contributed by atoms with Crippen LogP contribution in [0.4, 0.5) is 0 Å². The molecule has 2 heterocycles. The van der Waals surface area contributed by atoms with E-state index in [0.717, 1.165) is 30.7 Å². The molecule has 0 amide bonds. The first-order chi connectivity index (χ1) is 17.9. The monoisotopic (exact) mass is 535 g/mol. The highest BCUT2D eigenvalue weighted by Gasteiger charge is 2.68. The van der Waals surface area contributed by atoms with Crippen molar-refractivity contribution in [3.8, 4) is 0 Å². The zero-order chi connectivity index (χ0) is 27.1. The van der Waals surface area contributed by atoms with E-state index < -0.39 is 17.1 Å². The number of aromatic nitrogens is 3. The van der Waals surface area contributed by atoms with Crippen molar-refractivity contribution in [2.45, 2.75) is 95.4 Å². The third-order valence-electron chi connectivity index (χ3n) is 10.7. The average Bonchev–Trinajstić information content (AvgIpc) is 3.39. The Morgan fingerprint density at radius 2 is 2.03 bits per heavy atom. The number of hydrogen-bond donors (Lipinski definition) is 2. The lowest BCUT2D eigenvalue weighted by Crippen LogP contribution is -2.62. The van der Waals surface area contributed by atoms with E-state index in [-0.39, 0.29) is 40.2 Å². The number of pyridine rings is 1. The first-order valence-corrected chi connectivity index (χ1v) is 15.1. The molecule has 2 N–H and O–H groups in total. The van der Waals surface area contributed by atoms with Crippen molar-refractivity contribution < 1.29 is 15.0 Å². The van der Waals surface area contributed by atoms with Crippen molar-refractivity contribution in [1.82, 2.24) is 14.8 Å². The molecule has 2 aromatic heterocycles. The fourth-order valence-corrected chi connectivity index (χ4v) is 9.70. The summed E-state index contributed by atoms with van der Waals surface area (Å²) in [5, 5.41) is 29.4. The van der Waals surface area contributed by atoms with Crippen LogP contribution in [0, 0.1) is 28.6 Å². The maximum atomic E-state index is 13.6. The zero-order valence-electron chi connectivity index (χ0n) is 23.3. The van der Waals surface area contributed by atoms with Gasteiger partial charge in [-0.15, -0.1) is 0 Å². The van der Waals surface area contributed by atoms with Crippen LogP contribution in [0.25, 0.3) is 6.08 Å². The number of aliphatic hydroxyl groups excluding tert-OH is 1. The topological polar surface area (TPSA) is 88.2 Å². The molecule has 4 aliphatic carbocycles. The van der Waals surface area contributed by atoms with Gasteiger partial charge in [0.1, 0.15) is 5.60 Å². The Morgan fingerprint density at radius 1 is 1.24 bits per heavy atom. The number of hydrogen-bond acceptors (Lipinski definition) is 6. The van der Waals surface area contributed by atoms with Gasteiger partial charge >= 0.3 is 0 Å². The summed E-state index contributed by atoms with van der Waals surface area (Å²) in [5.74, 6) is 0.707. The quantitative estimate of drug-likeness (QED) is 0.518. The lowest BCUT2D eigenvalue weighted by Gasteiger charge is -2.60. The Labute approximate surface area is 230 Å². The maximum absolute atomic E-state index is 13.6. The molecule has 0 aliphatic heterocycles. The maximum Gasteiger partial charge on any atom is 0.175 e. The molecule has 3 saturated carbocycles. The van der Waals surface area contributed by atoms with E-state index in [4.69, 9.17) is 5.10 Å². The molecule has 3 unspecified atom stereocenters. The van der Waals surface area contributed by atoms with E-state index in [0.29, 0.717) is 12.8 Å². The number of carbonyl (C=O) groups excluding carboxylic acids is 1. The standard InChI is InChI=1S/C31H41N3O3S/c1-28(2,3)34-23-14-20-9-10-21-22-11-12-31(37,25(36)18-38-26-8-6-7-13-32-26)30(22,5)16-24(35)27(21)29(20,4)15-19(23)17-33-34/h6-8,13-14,17,21-22,24,27,35,37H,9-12,15-16,18H2,1-5H3/t21?,22?,24-,27?,29+,30-,31-/m0/s1. The van der Waals surface area contributed by atoms with E-state index in [2.05, 4.69) is 50.4 Å². The molecule has 0 radical (unpaired) electrons. The van der Waals surface area contributed by atoms with Gasteiger partial charge in [0, 0.05) is 11.6 Å². The fourth-order valence-electron chi connectivity index (χ4n) is 8.87. The molecule has 2 aromatic rings. The van der Waals surface area contributed by atoms with Gasteiger partial charge in [-0.2, -0.15) is 5.10 Å². The summed E-state index contributed by atoms with van der Waals surface area (Å²) >= 11 is 1.39. The molecule has 0 spiro atoms. The number of Topliss-reactive ketones (excluding diaryl/α,β-unsaturated/α-hetero) is 1. The smallest absolute Gasteiger partial charge is 0.175 e. The van der Waals surface area contributed by atoms with Crippen LogP contribution < -0.4 is 0 Å². The van der Waals surface area contributed by atoms with Crippen LogP contribution in [0.2, 0.25) is 0 Å². The molecule has 0 saturated heterocycles. The fraction of sp³-hybridized carbons (Fsp3) is 0.645. The lowest BCUT2D eigenvalue weighted by molar-refractivity contribution is -0.177. The molecule has 204 valence electrons. The number of rotatable bonds is 4. The van der Waals surface area contributed by atoms with Crippen LogP contribution in [0.15, 0.2) is 41.2 Å². The summed E-state index contributed by atoms with van der Waals surface area (Å²) in [6.07, 6.45) is 10.2. The Balaban J connectivity index is 1.28. The molecule has 4 aliphatic rings. The summed E-state index contributed by atoms with van der Waals surface area (Å²) in [4.78, 5) is 17.9. The van der Waals surface area contributed by atoms with Gasteiger partial charge < -0.3 is 10.2 Å². The third-order valence-corrected chi connectivity index (χ3v) is 11.6. The number of fused-ring (bicyclic) bond motifs is 6. The summed E-state index contributed by atoms with van der Waals surface area (Å²) in [7, 11) is 0. The van der Waals surface area contributed by atoms with Crippen molar-refractivity contribution >= 4 is 23.6 Å². The van der Waals surface area contributed by atoms with Crippen molar-refractivity contribution in [2.75, 3.05) is 5.75 Å². The SMILES string of the molecule is CC(C)(C)n1ncc2c1C=C1CCC3C4CC[C@](O)(C(=O)CSc5ccccn5)[C@@]4(C)C[C@H](O)C3[C@]1(C)C2. The van der Waals surface area contributed by atoms with Gasteiger partial charge in [0.25, 0.3) is 0 Å². The highest BCUT2D eigenvalue weighted by Crippen LogP contribution is 2.67. The van der Waals surface area contributed by atoms with Gasteiger partial charge in [-0.05, 0) is 106 Å². The number of carbonyl (C=O) groups is 1. The summed E-state index contributed by atoms with van der Waals surface area (Å²) in [6, 6.07) is 5.66. The number of aliphatic hydroxyl groups is 2. The second-order valence-corrected chi connectivity index (χ2v) is 14.7. The average molecular weight is 536 g/mol. The lowest BCUT2D eigenvalue weighted by atomic mass is 9.45. The molecule has 0 aromatic carbocycles. The summed E-state index contributed by atoms with van der Waals surface area (Å²) in [6.45, 7) is 11.0. The van der Waals surface area contributed by atoms with E-state index >= 15 is 0 Å². The predicted octanol–water partition coefficient (Wildman–Crippen LogP) is 5.28. The van der Waals surface area contributed by atoms with Crippen LogP contribution in [0.3, 0.4) is 0 Å². The molecule has 7 heteroatoms. The van der Waals surface area contributed by atoms with Crippen LogP contribution in [0.1, 0.15) is 78.0 Å². The zero-order valence-corrected chi connectivity index (χ0v) is 24.1. The Bertz CT molecular complexity index is 1280. The minimum Gasteiger partial charge on any atom is -0.393 e. The second kappa shape index (κ2) is 8.77. The third kappa shape index (κ3) is 3.71. The van der Waals surface area contributed by atoms with Gasteiger partial charge in [-0.1, -0.05) is 37.2 Å². The second-order valence-electron chi connectivity index (χ2n) is 13.7. The van der Waals surface area contributed by atoms with Crippen LogP contribution in [0.5, 0.6) is 0 Å². The molecule has 6 nitrogen and oxygen atoms in total. The Kier molecular flexibility index (Phi) is 6.06. The Morgan fingerprint density at radius 3 is 2.74 bits per heavy atom. The molecule has 7 atom stereocenters. The highest BCUT2D eigenvalue weighted by molar-refractivity contribution is 7.99. The molecular formula is C31H41N3O3S. The van der Waals surface area contributed by atoms with Crippen molar-refractivity contribution in [2.24, 2.45) is 28.6 Å². The van der Waals surface area contributed by atoms with E-state index in [1.54, 1.807) is 6.20 Å². The van der Waals surface area contributed by atoms with Crippen LogP contribution in [-0.4, -0.2) is 48.2 Å². The number of nitrogens with zero attached hydrogens (tertiary/aromatic N) is 3. The number of thioether (sulfide) groups is 1. The van der Waals surface area contributed by atoms with Crippen LogP contribution in [-0.2, 0) is 16.8 Å². The van der Waals surface area contributed by atoms with Crippen molar-refractivity contribution in [3.05, 3.63) is 47.4 Å². The predicted molar refractivity (Wildman–Crippen MR) is 150 cm³/mol. The summed E-state index contributed by atoms with van der Waals surface area (Å²) < 4.78 is 2.14. The van der Waals surface area contributed by atoms with E-state index in [9.17, 15) is 15.0 Å². The largest absolute Gasteiger partial charge is 0.393 e. The van der Waals surface area contributed by atoms with Gasteiger partial charge in [0.2, 0.25) is 0 Å².